The molecule has 0 atom stereocenters. The van der Waals surface area contributed by atoms with E-state index < -0.39 is 10.0 Å². The minimum Gasteiger partial charge on any atom is -0.397 e. The average Bonchev–Trinajstić information content (AvgIpc) is 2.81. The second kappa shape index (κ2) is 4.68. The Morgan fingerprint density at radius 3 is 2.56 bits per heavy atom. The third kappa shape index (κ3) is 2.45. The van der Waals surface area contributed by atoms with E-state index in [1.54, 1.807) is 24.3 Å². The van der Waals surface area contributed by atoms with E-state index >= 15 is 0 Å². The molecule has 1 aromatic carbocycles. The van der Waals surface area contributed by atoms with Crippen LogP contribution in [0.2, 0.25) is 0 Å². The van der Waals surface area contributed by atoms with Gasteiger partial charge < -0.3 is 5.73 Å². The van der Waals surface area contributed by atoms with Crippen LogP contribution in [-0.4, -0.2) is 8.42 Å². The maximum atomic E-state index is 12.0. The summed E-state index contributed by atoms with van der Waals surface area (Å²) in [7, 11) is -3.69. The first-order valence-electron chi connectivity index (χ1n) is 4.90. The van der Waals surface area contributed by atoms with Crippen LogP contribution in [0.15, 0.2) is 40.6 Å². The van der Waals surface area contributed by atoms with Gasteiger partial charge in [0.15, 0.2) is 0 Å². The minimum absolute atomic E-state index is 0.0855. The molecule has 2 aromatic rings. The monoisotopic (exact) mass is 279 g/mol. The van der Waals surface area contributed by atoms with E-state index in [0.717, 1.165) is 11.3 Å². The summed E-state index contributed by atoms with van der Waals surface area (Å²) in [5.41, 5.74) is 6.33. The lowest BCUT2D eigenvalue weighted by molar-refractivity contribution is 0.603. The van der Waals surface area contributed by atoms with E-state index in [-0.39, 0.29) is 4.21 Å². The Morgan fingerprint density at radius 1 is 1.22 bits per heavy atom. The highest BCUT2D eigenvalue weighted by Gasteiger charge is 2.17. The zero-order chi connectivity index (χ0) is 13.2. The predicted octanol–water partition coefficient (Wildman–Crippen LogP) is 2.00. The molecule has 0 spiro atoms. The fourth-order valence-electron chi connectivity index (χ4n) is 1.31. The third-order valence-electron chi connectivity index (χ3n) is 2.16. The van der Waals surface area contributed by atoms with Crippen molar-refractivity contribution < 1.29 is 8.42 Å². The molecule has 0 radical (unpaired) electrons. The lowest BCUT2D eigenvalue weighted by Gasteiger charge is -2.08. The highest BCUT2D eigenvalue weighted by Crippen LogP contribution is 2.25. The number of nitrogens with two attached hydrogens (primary N) is 1. The van der Waals surface area contributed by atoms with Crippen LogP contribution in [0.5, 0.6) is 0 Å². The quantitative estimate of drug-likeness (QED) is 0.840. The molecule has 0 aliphatic rings. The van der Waals surface area contributed by atoms with E-state index in [9.17, 15) is 8.42 Å². The van der Waals surface area contributed by atoms with Crippen molar-refractivity contribution in [3.05, 3.63) is 41.3 Å². The summed E-state index contributed by atoms with van der Waals surface area (Å²) < 4.78 is 26.5. The van der Waals surface area contributed by atoms with Crippen molar-refractivity contribution in [2.24, 2.45) is 0 Å². The molecular formula is C11H9N3O2S2. The van der Waals surface area contributed by atoms with Crippen molar-refractivity contribution in [3.8, 4) is 6.07 Å². The Balaban J connectivity index is 2.34. The van der Waals surface area contributed by atoms with E-state index in [1.807, 2.05) is 6.07 Å². The van der Waals surface area contributed by atoms with Crippen LogP contribution in [-0.2, 0) is 10.0 Å². The molecule has 0 unspecified atom stereocenters. The summed E-state index contributed by atoms with van der Waals surface area (Å²) in [5.74, 6) is 0. The van der Waals surface area contributed by atoms with Gasteiger partial charge in [0, 0.05) is 0 Å². The maximum absolute atomic E-state index is 12.0. The van der Waals surface area contributed by atoms with Gasteiger partial charge in [-0.25, -0.2) is 8.42 Å². The molecule has 1 aromatic heterocycles. The van der Waals surface area contributed by atoms with Gasteiger partial charge in [-0.2, -0.15) is 5.26 Å². The molecule has 0 aliphatic carbocycles. The maximum Gasteiger partial charge on any atom is 0.271 e. The fourth-order valence-corrected chi connectivity index (χ4v) is 3.50. The van der Waals surface area contributed by atoms with Crippen molar-refractivity contribution in [3.63, 3.8) is 0 Å². The number of nitrogen functional groups attached to an aromatic ring is 1. The second-order valence-corrected chi connectivity index (χ2v) is 6.42. The Kier molecular flexibility index (Phi) is 3.23. The van der Waals surface area contributed by atoms with E-state index in [2.05, 4.69) is 4.72 Å². The highest BCUT2D eigenvalue weighted by atomic mass is 32.2. The SMILES string of the molecule is N#Cc1ccc(S(=O)(=O)Nc2ccccc2N)s1. The van der Waals surface area contributed by atoms with Gasteiger partial charge in [-0.05, 0) is 24.3 Å². The van der Waals surface area contributed by atoms with Crippen LogP contribution < -0.4 is 10.5 Å². The summed E-state index contributed by atoms with van der Waals surface area (Å²) >= 11 is 0.913. The fraction of sp³-hybridized carbons (Fsp3) is 0. The van der Waals surface area contributed by atoms with Gasteiger partial charge in [0.1, 0.15) is 15.2 Å². The van der Waals surface area contributed by atoms with Crippen LogP contribution in [0.25, 0.3) is 0 Å². The lowest BCUT2D eigenvalue weighted by Crippen LogP contribution is -2.12. The van der Waals surface area contributed by atoms with Crippen LogP contribution in [0.1, 0.15) is 4.88 Å². The number of hydrogen-bond acceptors (Lipinski definition) is 5. The first-order chi connectivity index (χ1) is 8.53. The largest absolute Gasteiger partial charge is 0.397 e. The molecule has 0 saturated carbocycles. The van der Waals surface area contributed by atoms with E-state index in [4.69, 9.17) is 11.0 Å². The van der Waals surface area contributed by atoms with Gasteiger partial charge in [0.2, 0.25) is 0 Å². The van der Waals surface area contributed by atoms with Crippen LogP contribution in [0.3, 0.4) is 0 Å². The minimum atomic E-state index is -3.69. The number of benzene rings is 1. The number of hydrogen-bond donors (Lipinski definition) is 2. The molecule has 7 heteroatoms. The molecule has 0 amide bonds. The second-order valence-electron chi connectivity index (χ2n) is 3.42. The summed E-state index contributed by atoms with van der Waals surface area (Å²) in [6, 6.07) is 11.3. The first-order valence-corrected chi connectivity index (χ1v) is 7.20. The lowest BCUT2D eigenvalue weighted by atomic mass is 10.3. The number of anilines is 2. The Morgan fingerprint density at radius 2 is 1.94 bits per heavy atom. The number of nitrogens with zero attached hydrogens (tertiary/aromatic N) is 1. The van der Waals surface area contributed by atoms with Gasteiger partial charge >= 0.3 is 0 Å². The highest BCUT2D eigenvalue weighted by molar-refractivity contribution is 7.94. The zero-order valence-corrected chi connectivity index (χ0v) is 10.8. The van der Waals surface area contributed by atoms with Crippen molar-refractivity contribution in [2.45, 2.75) is 4.21 Å². The molecule has 0 saturated heterocycles. The van der Waals surface area contributed by atoms with Crippen molar-refractivity contribution >= 4 is 32.7 Å². The first kappa shape index (κ1) is 12.4. The number of sulfonamides is 1. The molecule has 18 heavy (non-hydrogen) atoms. The molecule has 0 bridgehead atoms. The molecule has 1 heterocycles. The molecule has 3 N–H and O–H groups in total. The van der Waals surface area contributed by atoms with Crippen LogP contribution >= 0.6 is 11.3 Å². The van der Waals surface area contributed by atoms with E-state index in [1.165, 1.54) is 12.1 Å². The molecule has 0 aliphatic heterocycles. The Labute approximate surface area is 109 Å². The number of thiophene rings is 1. The topological polar surface area (TPSA) is 96.0 Å². The van der Waals surface area contributed by atoms with Gasteiger partial charge in [0.05, 0.1) is 11.4 Å². The summed E-state index contributed by atoms with van der Waals surface area (Å²) in [5, 5.41) is 8.68. The van der Waals surface area contributed by atoms with E-state index in [0.29, 0.717) is 16.3 Å². The molecule has 2 rings (SSSR count). The van der Waals surface area contributed by atoms with Crippen LogP contribution in [0, 0.1) is 11.3 Å². The van der Waals surface area contributed by atoms with Crippen molar-refractivity contribution in [1.82, 2.24) is 0 Å². The summed E-state index contributed by atoms with van der Waals surface area (Å²) in [6.07, 6.45) is 0. The Hall–Kier alpha value is -2.04. The number of para-hydroxylation sites is 2. The average molecular weight is 279 g/mol. The van der Waals surface area contributed by atoms with Gasteiger partial charge in [-0.15, -0.1) is 11.3 Å². The molecule has 92 valence electrons. The predicted molar refractivity (Wildman–Crippen MR) is 70.7 cm³/mol. The smallest absolute Gasteiger partial charge is 0.271 e. The standard InChI is InChI=1S/C11H9N3O2S2/c12-7-8-5-6-11(17-8)18(15,16)14-10-4-2-1-3-9(10)13/h1-6,14H,13H2. The molecule has 5 nitrogen and oxygen atoms in total. The van der Waals surface area contributed by atoms with Crippen molar-refractivity contribution in [2.75, 3.05) is 10.5 Å². The third-order valence-corrected chi connectivity index (χ3v) is 5.01. The number of nitrogens with one attached hydrogen (secondary N) is 1. The van der Waals surface area contributed by atoms with Gasteiger partial charge in [-0.3, -0.25) is 4.72 Å². The summed E-state index contributed by atoms with van der Waals surface area (Å²) in [4.78, 5) is 0.344. The van der Waals surface area contributed by atoms with Crippen molar-refractivity contribution in [1.29, 1.82) is 5.26 Å². The zero-order valence-electron chi connectivity index (χ0n) is 9.12. The molecular weight excluding hydrogens is 270 g/mol. The van der Waals surface area contributed by atoms with Gasteiger partial charge in [0.25, 0.3) is 10.0 Å². The van der Waals surface area contributed by atoms with Crippen LogP contribution in [0.4, 0.5) is 11.4 Å². The molecule has 0 fully saturated rings. The number of rotatable bonds is 3. The summed E-state index contributed by atoms with van der Waals surface area (Å²) in [6.45, 7) is 0. The van der Waals surface area contributed by atoms with Gasteiger partial charge in [-0.1, -0.05) is 12.1 Å². The Bertz CT molecular complexity index is 714. The normalized spacial score (nSPS) is 10.8. The number of nitriles is 1.